The van der Waals surface area contributed by atoms with Crippen LogP contribution in [-0.2, 0) is 18.3 Å². The highest BCUT2D eigenvalue weighted by molar-refractivity contribution is 5.76. The highest BCUT2D eigenvalue weighted by atomic mass is 16.2. The number of nitrogens with zero attached hydrogens (tertiary/aromatic N) is 5. The number of aryl methyl sites for hydroxylation is 2. The predicted octanol–water partition coefficient (Wildman–Crippen LogP) is 1.61. The Balaban J connectivity index is 1.50. The number of rotatable bonds is 6. The third kappa shape index (κ3) is 4.31. The normalized spacial score (nSPS) is 22.7. The summed E-state index contributed by atoms with van der Waals surface area (Å²) < 4.78 is 1.90. The van der Waals surface area contributed by atoms with Gasteiger partial charge in [0, 0.05) is 39.0 Å². The van der Waals surface area contributed by atoms with Gasteiger partial charge in [0.15, 0.2) is 0 Å². The maximum absolute atomic E-state index is 12.7. The highest BCUT2D eigenvalue weighted by Gasteiger charge is 2.27. The third-order valence-electron chi connectivity index (χ3n) is 5.29. The minimum atomic E-state index is 0.291. The molecule has 0 saturated carbocycles. The molecule has 2 saturated heterocycles. The molecule has 1 amide bonds. The van der Waals surface area contributed by atoms with E-state index in [1.165, 1.54) is 38.8 Å². The molecule has 0 spiro atoms. The zero-order chi connectivity index (χ0) is 16.1. The molecule has 2 aliphatic heterocycles. The summed E-state index contributed by atoms with van der Waals surface area (Å²) in [5.74, 6) is 1.18. The van der Waals surface area contributed by atoms with Gasteiger partial charge >= 0.3 is 0 Å². The lowest BCUT2D eigenvalue weighted by Gasteiger charge is -2.36. The fraction of sp³-hybridized carbons (Fsp3) is 0.824. The van der Waals surface area contributed by atoms with E-state index >= 15 is 0 Å². The first-order valence-corrected chi connectivity index (χ1v) is 9.09. The van der Waals surface area contributed by atoms with Gasteiger partial charge in [-0.2, -0.15) is 0 Å². The largest absolute Gasteiger partial charge is 0.340 e. The molecule has 2 fully saturated rings. The zero-order valence-electron chi connectivity index (χ0n) is 14.3. The number of amides is 1. The minimum Gasteiger partial charge on any atom is -0.340 e. The molecule has 6 nitrogen and oxygen atoms in total. The van der Waals surface area contributed by atoms with Crippen LogP contribution in [0.4, 0.5) is 0 Å². The fourth-order valence-corrected chi connectivity index (χ4v) is 3.86. The van der Waals surface area contributed by atoms with Gasteiger partial charge in [-0.15, -0.1) is 10.2 Å². The van der Waals surface area contributed by atoms with Gasteiger partial charge in [-0.1, -0.05) is 0 Å². The Morgan fingerprint density at radius 2 is 2.00 bits per heavy atom. The van der Waals surface area contributed by atoms with Crippen molar-refractivity contribution in [2.45, 2.75) is 57.4 Å². The van der Waals surface area contributed by atoms with Crippen LogP contribution >= 0.6 is 0 Å². The third-order valence-corrected chi connectivity index (χ3v) is 5.29. The first-order valence-electron chi connectivity index (χ1n) is 9.09. The molecule has 128 valence electrons. The summed E-state index contributed by atoms with van der Waals surface area (Å²) in [6.07, 6.45) is 10.3. The van der Waals surface area contributed by atoms with Crippen LogP contribution in [0, 0.1) is 0 Å². The van der Waals surface area contributed by atoms with Crippen LogP contribution in [0.5, 0.6) is 0 Å². The van der Waals surface area contributed by atoms with Crippen LogP contribution in [0.1, 0.15) is 50.8 Å². The Bertz CT molecular complexity index is 509. The molecule has 2 aliphatic rings. The standard InChI is InChI=1S/C17H29N5O/c1-20-14-18-19-16(20)7-8-17(23)22-12-3-2-6-15(22)9-13-21-10-4-5-11-21/h14-15H,2-13H2,1H3/t15-/m1/s1. The molecule has 0 aliphatic carbocycles. The first kappa shape index (κ1) is 16.4. The summed E-state index contributed by atoms with van der Waals surface area (Å²) in [6.45, 7) is 4.57. The SMILES string of the molecule is Cn1cnnc1CCC(=O)N1CCCC[C@@H]1CCN1CCCC1. The van der Waals surface area contributed by atoms with Crippen molar-refractivity contribution in [2.24, 2.45) is 7.05 Å². The van der Waals surface area contributed by atoms with E-state index in [4.69, 9.17) is 0 Å². The number of aromatic nitrogens is 3. The van der Waals surface area contributed by atoms with Crippen LogP contribution in [-0.4, -0.2) is 62.7 Å². The van der Waals surface area contributed by atoms with Crippen LogP contribution in [0.2, 0.25) is 0 Å². The Labute approximate surface area is 138 Å². The van der Waals surface area contributed by atoms with Crippen molar-refractivity contribution in [3.8, 4) is 0 Å². The summed E-state index contributed by atoms with van der Waals surface area (Å²) in [6, 6.07) is 0.441. The highest BCUT2D eigenvalue weighted by Crippen LogP contribution is 2.22. The maximum Gasteiger partial charge on any atom is 0.223 e. The molecule has 3 rings (SSSR count). The zero-order valence-corrected chi connectivity index (χ0v) is 14.3. The Morgan fingerprint density at radius 1 is 1.22 bits per heavy atom. The second kappa shape index (κ2) is 7.90. The molecule has 0 unspecified atom stereocenters. The van der Waals surface area contributed by atoms with Crippen molar-refractivity contribution >= 4 is 5.91 Å². The summed E-state index contributed by atoms with van der Waals surface area (Å²) in [4.78, 5) is 17.4. The lowest BCUT2D eigenvalue weighted by molar-refractivity contribution is -0.135. The van der Waals surface area contributed by atoms with E-state index in [2.05, 4.69) is 20.0 Å². The maximum atomic E-state index is 12.7. The summed E-state index contributed by atoms with van der Waals surface area (Å²) in [5, 5.41) is 7.96. The second-order valence-corrected chi connectivity index (χ2v) is 6.93. The van der Waals surface area contributed by atoms with E-state index in [1.807, 2.05) is 11.6 Å². The van der Waals surface area contributed by atoms with Crippen LogP contribution in [0.25, 0.3) is 0 Å². The molecule has 0 N–H and O–H groups in total. The van der Waals surface area contributed by atoms with Gasteiger partial charge in [-0.05, 0) is 51.6 Å². The molecule has 0 radical (unpaired) electrons. The molecule has 23 heavy (non-hydrogen) atoms. The van der Waals surface area contributed by atoms with E-state index in [-0.39, 0.29) is 0 Å². The Kier molecular flexibility index (Phi) is 5.65. The van der Waals surface area contributed by atoms with Gasteiger partial charge in [-0.25, -0.2) is 0 Å². The smallest absolute Gasteiger partial charge is 0.223 e. The predicted molar refractivity (Wildman–Crippen MR) is 89.0 cm³/mol. The van der Waals surface area contributed by atoms with E-state index < -0.39 is 0 Å². The molecule has 3 heterocycles. The van der Waals surface area contributed by atoms with Gasteiger partial charge in [0.05, 0.1) is 0 Å². The molecule has 1 aromatic rings. The quantitative estimate of drug-likeness (QED) is 0.799. The van der Waals surface area contributed by atoms with Crippen molar-refractivity contribution in [3.05, 3.63) is 12.2 Å². The molecular formula is C17H29N5O. The molecular weight excluding hydrogens is 290 g/mol. The molecule has 0 bridgehead atoms. The van der Waals surface area contributed by atoms with E-state index in [0.29, 0.717) is 24.8 Å². The summed E-state index contributed by atoms with van der Waals surface area (Å²) in [7, 11) is 1.93. The molecule has 1 aromatic heterocycles. The molecule has 0 aromatic carbocycles. The number of hydrogen-bond donors (Lipinski definition) is 0. The van der Waals surface area contributed by atoms with E-state index in [9.17, 15) is 4.79 Å². The van der Waals surface area contributed by atoms with Crippen molar-refractivity contribution in [2.75, 3.05) is 26.2 Å². The topological polar surface area (TPSA) is 54.3 Å². The van der Waals surface area contributed by atoms with Crippen LogP contribution < -0.4 is 0 Å². The fourth-order valence-electron chi connectivity index (χ4n) is 3.86. The number of piperidine rings is 1. The van der Waals surface area contributed by atoms with Gasteiger partial charge < -0.3 is 14.4 Å². The van der Waals surface area contributed by atoms with E-state index in [1.54, 1.807) is 6.33 Å². The summed E-state index contributed by atoms with van der Waals surface area (Å²) in [5.41, 5.74) is 0. The lowest BCUT2D eigenvalue weighted by Crippen LogP contribution is -2.45. The number of likely N-dealkylation sites (tertiary alicyclic amines) is 2. The van der Waals surface area contributed by atoms with Gasteiger partial charge in [0.2, 0.25) is 5.91 Å². The summed E-state index contributed by atoms with van der Waals surface area (Å²) >= 11 is 0. The number of hydrogen-bond acceptors (Lipinski definition) is 4. The van der Waals surface area contributed by atoms with Crippen molar-refractivity contribution < 1.29 is 4.79 Å². The van der Waals surface area contributed by atoms with Crippen molar-refractivity contribution in [1.29, 1.82) is 0 Å². The molecule has 1 atom stereocenters. The van der Waals surface area contributed by atoms with E-state index in [0.717, 1.165) is 31.8 Å². The second-order valence-electron chi connectivity index (χ2n) is 6.93. The number of carbonyl (C=O) groups excluding carboxylic acids is 1. The van der Waals surface area contributed by atoms with Gasteiger partial charge in [0.25, 0.3) is 0 Å². The van der Waals surface area contributed by atoms with Crippen LogP contribution in [0.3, 0.4) is 0 Å². The average molecular weight is 319 g/mol. The van der Waals surface area contributed by atoms with Crippen molar-refractivity contribution in [3.63, 3.8) is 0 Å². The average Bonchev–Trinajstić information content (AvgIpc) is 3.22. The minimum absolute atomic E-state index is 0.291. The van der Waals surface area contributed by atoms with Gasteiger partial charge in [0.1, 0.15) is 12.2 Å². The van der Waals surface area contributed by atoms with Gasteiger partial charge in [-0.3, -0.25) is 4.79 Å². The van der Waals surface area contributed by atoms with Crippen molar-refractivity contribution in [1.82, 2.24) is 24.6 Å². The number of carbonyl (C=O) groups is 1. The molecule has 6 heteroatoms. The lowest BCUT2D eigenvalue weighted by atomic mass is 9.98. The Hall–Kier alpha value is -1.43. The monoisotopic (exact) mass is 319 g/mol. The first-order chi connectivity index (χ1) is 11.2. The van der Waals surface area contributed by atoms with Crippen LogP contribution in [0.15, 0.2) is 6.33 Å². The Morgan fingerprint density at radius 3 is 2.74 bits per heavy atom.